The molecule has 1 rings (SSSR count). The highest BCUT2D eigenvalue weighted by Crippen LogP contribution is 2.23. The summed E-state index contributed by atoms with van der Waals surface area (Å²) in [5, 5.41) is 9.16. The molecule has 0 aliphatic rings. The smallest absolute Gasteiger partial charge is 0.326 e. The van der Waals surface area contributed by atoms with E-state index >= 15 is 0 Å². The molecule has 1 unspecified atom stereocenters. The molecule has 1 aromatic carbocycles. The van der Waals surface area contributed by atoms with Gasteiger partial charge in [-0.1, -0.05) is 15.9 Å². The van der Waals surface area contributed by atoms with Gasteiger partial charge in [-0.3, -0.25) is 9.59 Å². The van der Waals surface area contributed by atoms with Gasteiger partial charge in [0.1, 0.15) is 12.4 Å². The van der Waals surface area contributed by atoms with Crippen LogP contribution in [-0.2, 0) is 14.3 Å². The number of carboxylic acids is 1. The normalized spacial score (nSPS) is 13.4. The summed E-state index contributed by atoms with van der Waals surface area (Å²) in [5.74, 6) is -1.59. The Balaban J connectivity index is 2.77. The summed E-state index contributed by atoms with van der Waals surface area (Å²) in [6.07, 6.45) is 0. The number of esters is 1. The second-order valence-electron chi connectivity index (χ2n) is 4.10. The van der Waals surface area contributed by atoms with Crippen LogP contribution < -0.4 is 4.74 Å². The van der Waals surface area contributed by atoms with Crippen LogP contribution in [0.1, 0.15) is 13.8 Å². The van der Waals surface area contributed by atoms with Crippen LogP contribution in [0.5, 0.6) is 5.75 Å². The number of ether oxygens (including phenoxy) is 2. The molecule has 0 saturated heterocycles. The molecule has 0 bridgehead atoms. The molecule has 104 valence electrons. The molecule has 0 radical (unpaired) electrons. The molecule has 6 heteroatoms. The molecule has 0 aromatic heterocycles. The van der Waals surface area contributed by atoms with Crippen LogP contribution in [0.2, 0.25) is 0 Å². The van der Waals surface area contributed by atoms with Gasteiger partial charge in [-0.25, -0.2) is 0 Å². The van der Waals surface area contributed by atoms with E-state index in [0.717, 1.165) is 4.47 Å². The number of carbonyl (C=O) groups excluding carboxylic acids is 1. The summed E-state index contributed by atoms with van der Waals surface area (Å²) in [5.41, 5.74) is -1.72. The van der Waals surface area contributed by atoms with E-state index in [2.05, 4.69) is 15.9 Å². The number of carboxylic acid groups (broad SMARTS) is 1. The Morgan fingerprint density at radius 2 is 1.89 bits per heavy atom. The molecule has 0 aliphatic heterocycles. The first-order valence-electron chi connectivity index (χ1n) is 5.69. The second kappa shape index (κ2) is 6.56. The van der Waals surface area contributed by atoms with Gasteiger partial charge in [-0.05, 0) is 38.1 Å². The minimum atomic E-state index is -1.72. The van der Waals surface area contributed by atoms with Crippen molar-refractivity contribution in [2.24, 2.45) is 5.41 Å². The number of hydrogen-bond donors (Lipinski definition) is 1. The third kappa shape index (κ3) is 3.96. The number of aliphatic carboxylic acids is 1. The van der Waals surface area contributed by atoms with E-state index in [1.807, 2.05) is 0 Å². The van der Waals surface area contributed by atoms with E-state index in [-0.39, 0.29) is 13.2 Å². The Bertz CT molecular complexity index is 457. The van der Waals surface area contributed by atoms with Crippen molar-refractivity contribution < 1.29 is 24.2 Å². The molecule has 19 heavy (non-hydrogen) atoms. The van der Waals surface area contributed by atoms with Crippen LogP contribution in [0.3, 0.4) is 0 Å². The molecule has 1 atom stereocenters. The van der Waals surface area contributed by atoms with E-state index in [1.165, 1.54) is 6.92 Å². The number of benzene rings is 1. The average Bonchev–Trinajstić information content (AvgIpc) is 2.37. The van der Waals surface area contributed by atoms with E-state index in [9.17, 15) is 9.59 Å². The van der Waals surface area contributed by atoms with Crippen molar-refractivity contribution in [2.75, 3.05) is 13.2 Å². The minimum absolute atomic E-state index is 0.125. The van der Waals surface area contributed by atoms with Gasteiger partial charge in [0.15, 0.2) is 5.41 Å². The van der Waals surface area contributed by atoms with Crippen molar-refractivity contribution in [3.8, 4) is 5.75 Å². The minimum Gasteiger partial charge on any atom is -0.492 e. The molecule has 0 saturated carbocycles. The Kier molecular flexibility index (Phi) is 5.35. The number of halogens is 1. The maximum absolute atomic E-state index is 11.7. The van der Waals surface area contributed by atoms with Gasteiger partial charge in [0.2, 0.25) is 0 Å². The van der Waals surface area contributed by atoms with E-state index < -0.39 is 17.4 Å². The third-order valence-corrected chi connectivity index (χ3v) is 3.07. The first kappa shape index (κ1) is 15.5. The molecular formula is C13H15BrO5. The third-order valence-electron chi connectivity index (χ3n) is 2.54. The van der Waals surface area contributed by atoms with Crippen molar-refractivity contribution in [2.45, 2.75) is 13.8 Å². The quantitative estimate of drug-likeness (QED) is 0.640. The van der Waals surface area contributed by atoms with Crippen molar-refractivity contribution in [3.05, 3.63) is 28.7 Å². The topological polar surface area (TPSA) is 72.8 Å². The standard InChI is InChI=1S/C13H15BrO5/c1-3-18-12(17)13(2,11(15)16)8-19-10-6-4-9(14)5-7-10/h4-7H,3,8H2,1-2H3,(H,15,16). The number of rotatable bonds is 6. The summed E-state index contributed by atoms with van der Waals surface area (Å²) >= 11 is 3.28. The largest absolute Gasteiger partial charge is 0.492 e. The van der Waals surface area contributed by atoms with Gasteiger partial charge in [-0.2, -0.15) is 0 Å². The highest BCUT2D eigenvalue weighted by molar-refractivity contribution is 9.10. The van der Waals surface area contributed by atoms with Gasteiger partial charge < -0.3 is 14.6 Å². The SMILES string of the molecule is CCOC(=O)C(C)(COc1ccc(Br)cc1)C(=O)O. The van der Waals surface area contributed by atoms with Crippen LogP contribution >= 0.6 is 15.9 Å². The van der Waals surface area contributed by atoms with Gasteiger partial charge in [0, 0.05) is 4.47 Å². The van der Waals surface area contributed by atoms with Crippen molar-refractivity contribution >= 4 is 27.9 Å². The van der Waals surface area contributed by atoms with E-state index in [1.54, 1.807) is 31.2 Å². The fraction of sp³-hybridized carbons (Fsp3) is 0.385. The Morgan fingerprint density at radius 1 is 1.32 bits per heavy atom. The molecule has 1 N–H and O–H groups in total. The first-order chi connectivity index (χ1) is 8.90. The maximum atomic E-state index is 11.7. The summed E-state index contributed by atoms with van der Waals surface area (Å²) in [6.45, 7) is 2.74. The van der Waals surface area contributed by atoms with Gasteiger partial charge in [0.05, 0.1) is 6.61 Å². The van der Waals surface area contributed by atoms with E-state index in [0.29, 0.717) is 5.75 Å². The van der Waals surface area contributed by atoms with Crippen LogP contribution in [0, 0.1) is 5.41 Å². The van der Waals surface area contributed by atoms with Crippen LogP contribution in [0.4, 0.5) is 0 Å². The Morgan fingerprint density at radius 3 is 2.37 bits per heavy atom. The summed E-state index contributed by atoms with van der Waals surface area (Å²) in [4.78, 5) is 22.9. The zero-order valence-electron chi connectivity index (χ0n) is 10.7. The first-order valence-corrected chi connectivity index (χ1v) is 6.48. The predicted octanol–water partition coefficient (Wildman–Crippen LogP) is 2.48. The molecule has 0 amide bonds. The zero-order chi connectivity index (χ0) is 14.5. The van der Waals surface area contributed by atoms with Gasteiger partial charge in [-0.15, -0.1) is 0 Å². The van der Waals surface area contributed by atoms with Crippen molar-refractivity contribution in [1.29, 1.82) is 0 Å². The van der Waals surface area contributed by atoms with Crippen LogP contribution in [0.15, 0.2) is 28.7 Å². The highest BCUT2D eigenvalue weighted by atomic mass is 79.9. The fourth-order valence-corrected chi connectivity index (χ4v) is 1.52. The molecular weight excluding hydrogens is 316 g/mol. The average molecular weight is 331 g/mol. The molecule has 0 fully saturated rings. The monoisotopic (exact) mass is 330 g/mol. The van der Waals surface area contributed by atoms with Crippen LogP contribution in [-0.4, -0.2) is 30.3 Å². The lowest BCUT2D eigenvalue weighted by Gasteiger charge is -2.22. The Hall–Kier alpha value is -1.56. The van der Waals surface area contributed by atoms with E-state index in [4.69, 9.17) is 14.6 Å². The number of carbonyl (C=O) groups is 2. The van der Waals surface area contributed by atoms with Gasteiger partial charge >= 0.3 is 11.9 Å². The Labute approximate surface area is 119 Å². The number of hydrogen-bond acceptors (Lipinski definition) is 4. The maximum Gasteiger partial charge on any atom is 0.326 e. The van der Waals surface area contributed by atoms with Crippen molar-refractivity contribution in [1.82, 2.24) is 0 Å². The van der Waals surface area contributed by atoms with Crippen LogP contribution in [0.25, 0.3) is 0 Å². The van der Waals surface area contributed by atoms with Crippen molar-refractivity contribution in [3.63, 3.8) is 0 Å². The fourth-order valence-electron chi connectivity index (χ4n) is 1.26. The zero-order valence-corrected chi connectivity index (χ0v) is 12.3. The summed E-state index contributed by atoms with van der Waals surface area (Å²) < 4.78 is 11.0. The molecule has 5 nitrogen and oxygen atoms in total. The molecule has 0 heterocycles. The lowest BCUT2D eigenvalue weighted by molar-refractivity contribution is -0.169. The van der Waals surface area contributed by atoms with Gasteiger partial charge in [0.25, 0.3) is 0 Å². The second-order valence-corrected chi connectivity index (χ2v) is 5.02. The lowest BCUT2D eigenvalue weighted by atomic mass is 9.92. The summed E-state index contributed by atoms with van der Waals surface area (Å²) in [7, 11) is 0. The molecule has 1 aromatic rings. The molecule has 0 spiro atoms. The lowest BCUT2D eigenvalue weighted by Crippen LogP contribution is -2.43. The summed E-state index contributed by atoms with van der Waals surface area (Å²) in [6, 6.07) is 6.88. The molecule has 0 aliphatic carbocycles. The predicted molar refractivity (Wildman–Crippen MR) is 72.0 cm³/mol. The highest BCUT2D eigenvalue weighted by Gasteiger charge is 2.44.